The predicted octanol–water partition coefficient (Wildman–Crippen LogP) is 1.50. The molecule has 88 valence electrons. The first-order chi connectivity index (χ1) is 7.85. The minimum atomic E-state index is 0.669. The number of nitrogens with zero attached hydrogens (tertiary/aromatic N) is 2. The summed E-state index contributed by atoms with van der Waals surface area (Å²) in [5.74, 6) is 7.49. The van der Waals surface area contributed by atoms with Crippen LogP contribution in [0, 0.1) is 5.92 Å². The Morgan fingerprint density at radius 2 is 2.31 bits per heavy atom. The lowest BCUT2D eigenvalue weighted by molar-refractivity contribution is 0.285. The second-order valence-corrected chi connectivity index (χ2v) is 4.15. The van der Waals surface area contributed by atoms with Gasteiger partial charge in [-0.25, -0.2) is 15.8 Å². The van der Waals surface area contributed by atoms with Crippen LogP contribution < -0.4 is 16.0 Å². The van der Waals surface area contributed by atoms with Crippen LogP contribution in [-0.4, -0.2) is 16.6 Å². The van der Waals surface area contributed by atoms with Crippen molar-refractivity contribution in [2.24, 2.45) is 11.8 Å². The number of anilines is 1. The fourth-order valence-corrected chi connectivity index (χ4v) is 1.60. The van der Waals surface area contributed by atoms with Crippen LogP contribution >= 0.6 is 0 Å². The van der Waals surface area contributed by atoms with Gasteiger partial charge in [-0.15, -0.1) is 0 Å². The fraction of sp³-hybridized carbons (Fsp3) is 0.636. The highest BCUT2D eigenvalue weighted by atomic mass is 16.5. The van der Waals surface area contributed by atoms with Gasteiger partial charge in [-0.2, -0.15) is 0 Å². The Bertz CT molecular complexity index is 352. The minimum absolute atomic E-state index is 0.669. The van der Waals surface area contributed by atoms with Gasteiger partial charge in [-0.3, -0.25) is 0 Å². The Morgan fingerprint density at radius 1 is 1.50 bits per heavy atom. The summed E-state index contributed by atoms with van der Waals surface area (Å²) in [6.07, 6.45) is 5.92. The van der Waals surface area contributed by atoms with E-state index in [1.54, 1.807) is 0 Å². The van der Waals surface area contributed by atoms with Gasteiger partial charge in [0.1, 0.15) is 12.1 Å². The van der Waals surface area contributed by atoms with Crippen LogP contribution in [0.4, 0.5) is 5.82 Å². The number of nitrogen functional groups attached to an aromatic ring is 1. The number of hydrogen-bond acceptors (Lipinski definition) is 5. The van der Waals surface area contributed by atoms with Crippen molar-refractivity contribution in [1.29, 1.82) is 0 Å². The molecule has 1 heterocycles. The molecular formula is C11H18N4O. The molecule has 2 rings (SSSR count). The fourth-order valence-electron chi connectivity index (χ4n) is 1.60. The smallest absolute Gasteiger partial charge is 0.221 e. The molecule has 1 fully saturated rings. The summed E-state index contributed by atoms with van der Waals surface area (Å²) in [4.78, 5) is 8.27. The molecule has 0 radical (unpaired) electrons. The van der Waals surface area contributed by atoms with Gasteiger partial charge in [-0.1, -0.05) is 13.3 Å². The van der Waals surface area contributed by atoms with Crippen molar-refractivity contribution in [2.75, 3.05) is 12.0 Å². The molecule has 0 saturated heterocycles. The molecule has 5 heteroatoms. The number of ether oxygens (including phenoxy) is 1. The number of hydrogen-bond donors (Lipinski definition) is 2. The van der Waals surface area contributed by atoms with E-state index in [4.69, 9.17) is 10.6 Å². The molecule has 1 aromatic heterocycles. The van der Waals surface area contributed by atoms with Gasteiger partial charge in [0.15, 0.2) is 0 Å². The van der Waals surface area contributed by atoms with E-state index >= 15 is 0 Å². The van der Waals surface area contributed by atoms with E-state index in [9.17, 15) is 0 Å². The molecule has 16 heavy (non-hydrogen) atoms. The Hall–Kier alpha value is -1.36. The second-order valence-electron chi connectivity index (χ2n) is 4.15. The maximum absolute atomic E-state index is 5.71. The lowest BCUT2D eigenvalue weighted by Gasteiger charge is -2.12. The highest BCUT2D eigenvalue weighted by Crippen LogP contribution is 2.30. The normalized spacial score (nSPS) is 14.9. The molecule has 1 aliphatic carbocycles. The molecule has 0 aromatic carbocycles. The number of rotatable bonds is 6. The van der Waals surface area contributed by atoms with Gasteiger partial charge in [0, 0.05) is 0 Å². The van der Waals surface area contributed by atoms with Crippen LogP contribution in [0.3, 0.4) is 0 Å². The zero-order chi connectivity index (χ0) is 11.4. The first-order valence-electron chi connectivity index (χ1n) is 5.78. The van der Waals surface area contributed by atoms with Gasteiger partial charge < -0.3 is 10.2 Å². The summed E-state index contributed by atoms with van der Waals surface area (Å²) in [5, 5.41) is 0. The number of nitrogens with one attached hydrogen (secondary N) is 1. The van der Waals surface area contributed by atoms with Crippen LogP contribution in [0.2, 0.25) is 0 Å². The lowest BCUT2D eigenvalue weighted by atomic mass is 10.2. The summed E-state index contributed by atoms with van der Waals surface area (Å²) < 4.78 is 5.71. The molecule has 1 aliphatic rings. The number of aromatic nitrogens is 2. The van der Waals surface area contributed by atoms with Crippen LogP contribution in [0.15, 0.2) is 6.33 Å². The molecule has 5 nitrogen and oxygen atoms in total. The van der Waals surface area contributed by atoms with Crippen LogP contribution in [0.1, 0.15) is 31.7 Å². The van der Waals surface area contributed by atoms with E-state index in [1.807, 2.05) is 0 Å². The van der Waals surface area contributed by atoms with Crippen LogP contribution in [0.25, 0.3) is 0 Å². The quantitative estimate of drug-likeness (QED) is 0.563. The summed E-state index contributed by atoms with van der Waals surface area (Å²) >= 11 is 0. The molecule has 0 aliphatic heterocycles. The molecule has 0 atom stereocenters. The van der Waals surface area contributed by atoms with Crippen molar-refractivity contribution in [3.05, 3.63) is 11.9 Å². The third kappa shape index (κ3) is 2.61. The van der Waals surface area contributed by atoms with Crippen molar-refractivity contribution in [1.82, 2.24) is 9.97 Å². The molecular weight excluding hydrogens is 204 g/mol. The SMILES string of the molecule is CCCc1c(NN)ncnc1OCC1CC1. The van der Waals surface area contributed by atoms with Crippen molar-refractivity contribution in [3.8, 4) is 5.88 Å². The molecule has 1 aromatic rings. The van der Waals surface area contributed by atoms with Crippen LogP contribution in [0.5, 0.6) is 5.88 Å². The summed E-state index contributed by atoms with van der Waals surface area (Å²) in [7, 11) is 0. The third-order valence-electron chi connectivity index (χ3n) is 2.70. The highest BCUT2D eigenvalue weighted by molar-refractivity contribution is 5.47. The van der Waals surface area contributed by atoms with E-state index < -0.39 is 0 Å². The summed E-state index contributed by atoms with van der Waals surface area (Å²) in [5.41, 5.74) is 3.57. The Morgan fingerprint density at radius 3 is 2.94 bits per heavy atom. The van der Waals surface area contributed by atoms with Crippen molar-refractivity contribution in [2.45, 2.75) is 32.6 Å². The van der Waals surface area contributed by atoms with Gasteiger partial charge in [0.2, 0.25) is 5.88 Å². The van der Waals surface area contributed by atoms with Gasteiger partial charge in [0.05, 0.1) is 12.2 Å². The molecule has 3 N–H and O–H groups in total. The third-order valence-corrected chi connectivity index (χ3v) is 2.70. The van der Waals surface area contributed by atoms with Gasteiger partial charge >= 0.3 is 0 Å². The summed E-state index contributed by atoms with van der Waals surface area (Å²) in [6, 6.07) is 0. The Kier molecular flexibility index (Phi) is 3.56. The van der Waals surface area contributed by atoms with Crippen molar-refractivity contribution >= 4 is 5.82 Å². The van der Waals surface area contributed by atoms with Gasteiger partial charge in [0.25, 0.3) is 0 Å². The summed E-state index contributed by atoms with van der Waals surface area (Å²) in [6.45, 7) is 2.87. The molecule has 0 amide bonds. The second kappa shape index (κ2) is 5.12. The maximum atomic E-state index is 5.71. The molecule has 0 unspecified atom stereocenters. The van der Waals surface area contributed by atoms with Crippen molar-refractivity contribution < 1.29 is 4.74 Å². The van der Waals surface area contributed by atoms with Gasteiger partial charge in [-0.05, 0) is 25.2 Å². The van der Waals surface area contributed by atoms with E-state index in [0.29, 0.717) is 11.7 Å². The average Bonchev–Trinajstić information content (AvgIpc) is 3.12. The minimum Gasteiger partial charge on any atom is -0.477 e. The zero-order valence-corrected chi connectivity index (χ0v) is 9.57. The first kappa shape index (κ1) is 11.1. The average molecular weight is 222 g/mol. The van der Waals surface area contributed by atoms with E-state index in [0.717, 1.165) is 30.9 Å². The first-order valence-corrected chi connectivity index (χ1v) is 5.78. The lowest BCUT2D eigenvalue weighted by Crippen LogP contribution is -2.13. The maximum Gasteiger partial charge on any atom is 0.221 e. The predicted molar refractivity (Wildman–Crippen MR) is 62.1 cm³/mol. The standard InChI is InChI=1S/C11H18N4O/c1-2-3-9-10(15-12)13-7-14-11(9)16-6-8-4-5-8/h7-8H,2-6,12H2,1H3,(H,13,14,15). The zero-order valence-electron chi connectivity index (χ0n) is 9.57. The molecule has 0 bridgehead atoms. The van der Waals surface area contributed by atoms with E-state index in [2.05, 4.69) is 22.3 Å². The number of nitrogens with two attached hydrogens (primary N) is 1. The van der Waals surface area contributed by atoms with E-state index in [-0.39, 0.29) is 0 Å². The monoisotopic (exact) mass is 222 g/mol. The Balaban J connectivity index is 2.12. The number of hydrazine groups is 1. The Labute approximate surface area is 95.4 Å². The van der Waals surface area contributed by atoms with Crippen LogP contribution in [-0.2, 0) is 6.42 Å². The molecule has 1 saturated carbocycles. The highest BCUT2D eigenvalue weighted by Gasteiger charge is 2.23. The van der Waals surface area contributed by atoms with Crippen molar-refractivity contribution in [3.63, 3.8) is 0 Å². The molecule has 0 spiro atoms. The van der Waals surface area contributed by atoms with E-state index in [1.165, 1.54) is 19.2 Å². The topological polar surface area (TPSA) is 73.1 Å². The largest absolute Gasteiger partial charge is 0.477 e.